The van der Waals surface area contributed by atoms with Gasteiger partial charge in [0.05, 0.1) is 13.2 Å². The highest BCUT2D eigenvalue weighted by molar-refractivity contribution is 6.07. The first-order valence-electron chi connectivity index (χ1n) is 17.0. The summed E-state index contributed by atoms with van der Waals surface area (Å²) in [6, 6.07) is 29.5. The highest BCUT2D eigenvalue weighted by Gasteiger charge is 2.16. The Morgan fingerprint density at radius 1 is 0.540 bits per heavy atom. The van der Waals surface area contributed by atoms with Crippen molar-refractivity contribution in [2.75, 3.05) is 13.2 Å². The molecule has 2 saturated heterocycles. The summed E-state index contributed by atoms with van der Waals surface area (Å²) in [6.07, 6.45) is 12.4. The topological polar surface area (TPSA) is 71.1 Å². The number of hydrogen-bond donors (Lipinski definition) is 0. The van der Waals surface area contributed by atoms with Gasteiger partial charge in [-0.1, -0.05) is 48.3 Å². The molecule has 0 bridgehead atoms. The summed E-state index contributed by atoms with van der Waals surface area (Å²) < 4.78 is 22.9. The van der Waals surface area contributed by atoms with Crippen molar-refractivity contribution in [2.24, 2.45) is 0 Å². The van der Waals surface area contributed by atoms with Gasteiger partial charge in [-0.25, -0.2) is 0 Å². The van der Waals surface area contributed by atoms with Crippen LogP contribution in [0.4, 0.5) is 0 Å². The van der Waals surface area contributed by atoms with Crippen LogP contribution in [0.25, 0.3) is 12.2 Å². The Morgan fingerprint density at radius 2 is 0.940 bits per heavy atom. The van der Waals surface area contributed by atoms with E-state index >= 15 is 0 Å². The minimum atomic E-state index is -0.213. The van der Waals surface area contributed by atoms with Crippen LogP contribution in [-0.4, -0.2) is 37.4 Å². The fourth-order valence-corrected chi connectivity index (χ4v) is 5.41. The zero-order chi connectivity index (χ0) is 34.4. The molecule has 2 atom stereocenters. The molecule has 0 spiro atoms. The molecular formula is C44H38O6. The largest absolute Gasteiger partial charge is 0.465 e. The Labute approximate surface area is 293 Å². The highest BCUT2D eigenvalue weighted by atomic mass is 16.7. The molecule has 0 aromatic heterocycles. The van der Waals surface area contributed by atoms with Crippen molar-refractivity contribution >= 4 is 23.7 Å². The lowest BCUT2D eigenvalue weighted by atomic mass is 10.1. The van der Waals surface area contributed by atoms with E-state index < -0.39 is 0 Å². The first-order valence-corrected chi connectivity index (χ1v) is 17.0. The van der Waals surface area contributed by atoms with E-state index in [1.54, 1.807) is 72.8 Å². The van der Waals surface area contributed by atoms with Crippen molar-refractivity contribution in [3.8, 4) is 35.2 Å². The molecule has 2 aliphatic rings. The van der Waals surface area contributed by atoms with Gasteiger partial charge < -0.3 is 18.9 Å². The Hall–Kier alpha value is -5.66. The number of ketones is 2. The number of benzene rings is 4. The summed E-state index contributed by atoms with van der Waals surface area (Å²) in [6.45, 7) is 1.45. The molecule has 0 N–H and O–H groups in total. The molecule has 250 valence electrons. The van der Waals surface area contributed by atoms with Crippen LogP contribution in [0.5, 0.6) is 11.5 Å². The highest BCUT2D eigenvalue weighted by Crippen LogP contribution is 2.22. The number of rotatable bonds is 10. The molecule has 2 aliphatic heterocycles. The first kappa shape index (κ1) is 34.2. The van der Waals surface area contributed by atoms with Crippen LogP contribution in [0.1, 0.15) is 81.5 Å². The predicted molar refractivity (Wildman–Crippen MR) is 195 cm³/mol. The number of allylic oxidation sites excluding steroid dienone is 2. The summed E-state index contributed by atoms with van der Waals surface area (Å²) in [4.78, 5) is 25.3. The molecule has 50 heavy (non-hydrogen) atoms. The molecule has 6 nitrogen and oxygen atoms in total. The Bertz CT molecular complexity index is 1770. The van der Waals surface area contributed by atoms with E-state index in [-0.39, 0.29) is 24.1 Å². The van der Waals surface area contributed by atoms with Gasteiger partial charge in [0, 0.05) is 35.1 Å². The normalized spacial score (nSPS) is 17.3. The van der Waals surface area contributed by atoms with Gasteiger partial charge in [-0.15, -0.1) is 0 Å². The fourth-order valence-electron chi connectivity index (χ4n) is 5.41. The number of carbonyl (C=O) groups is 2. The van der Waals surface area contributed by atoms with Crippen LogP contribution in [0.2, 0.25) is 0 Å². The van der Waals surface area contributed by atoms with Gasteiger partial charge in [0.1, 0.15) is 11.5 Å². The van der Waals surface area contributed by atoms with Crippen LogP contribution >= 0.6 is 0 Å². The lowest BCUT2D eigenvalue weighted by Crippen LogP contribution is -2.24. The van der Waals surface area contributed by atoms with E-state index in [0.717, 1.165) is 74.0 Å². The fraction of sp³-hybridized carbons (Fsp3) is 0.227. The third kappa shape index (κ3) is 10.4. The maximum atomic E-state index is 12.7. The van der Waals surface area contributed by atoms with Gasteiger partial charge in [0.25, 0.3) is 0 Å². The second kappa shape index (κ2) is 17.7. The molecule has 6 heteroatoms. The van der Waals surface area contributed by atoms with E-state index in [2.05, 4.69) is 23.7 Å². The van der Waals surface area contributed by atoms with E-state index in [0.29, 0.717) is 22.6 Å². The van der Waals surface area contributed by atoms with Crippen molar-refractivity contribution < 1.29 is 28.5 Å². The molecule has 6 rings (SSSR count). The summed E-state index contributed by atoms with van der Waals surface area (Å²) in [5.74, 6) is 13.1. The Balaban J connectivity index is 0.949. The number of hydrogen-bond acceptors (Lipinski definition) is 6. The molecule has 0 amide bonds. The van der Waals surface area contributed by atoms with Gasteiger partial charge in [-0.05, 0) is 134 Å². The van der Waals surface area contributed by atoms with E-state index in [1.807, 2.05) is 48.5 Å². The monoisotopic (exact) mass is 662 g/mol. The first-order chi connectivity index (χ1) is 24.6. The van der Waals surface area contributed by atoms with Gasteiger partial charge in [0.2, 0.25) is 0 Å². The van der Waals surface area contributed by atoms with Crippen molar-refractivity contribution in [1.82, 2.24) is 0 Å². The maximum Gasteiger partial charge on any atom is 0.199 e. The van der Waals surface area contributed by atoms with Crippen molar-refractivity contribution in [3.63, 3.8) is 0 Å². The second-order valence-electron chi connectivity index (χ2n) is 12.0. The summed E-state index contributed by atoms with van der Waals surface area (Å²) in [5.41, 5.74) is 4.63. The molecule has 2 heterocycles. The summed E-state index contributed by atoms with van der Waals surface area (Å²) in [5, 5.41) is 0. The van der Waals surface area contributed by atoms with Crippen LogP contribution < -0.4 is 9.47 Å². The lowest BCUT2D eigenvalue weighted by Gasteiger charge is -2.23. The summed E-state index contributed by atoms with van der Waals surface area (Å²) >= 11 is 0. The minimum absolute atomic E-state index is 0.0835. The molecule has 2 fully saturated rings. The average Bonchev–Trinajstić information content (AvgIpc) is 3.17. The molecule has 0 aliphatic carbocycles. The Kier molecular flexibility index (Phi) is 12.1. The molecular weight excluding hydrogens is 624 g/mol. The molecule has 0 radical (unpaired) electrons. The minimum Gasteiger partial charge on any atom is -0.465 e. The maximum absolute atomic E-state index is 12.7. The van der Waals surface area contributed by atoms with Crippen molar-refractivity contribution in [3.05, 3.63) is 143 Å². The quantitative estimate of drug-likeness (QED) is 0.0962. The zero-order valence-corrected chi connectivity index (χ0v) is 27.8. The van der Waals surface area contributed by atoms with Crippen molar-refractivity contribution in [1.29, 1.82) is 0 Å². The third-order valence-corrected chi connectivity index (χ3v) is 8.24. The number of ether oxygens (including phenoxy) is 4. The Morgan fingerprint density at radius 3 is 1.30 bits per heavy atom. The molecule has 4 aromatic rings. The second-order valence-corrected chi connectivity index (χ2v) is 12.0. The van der Waals surface area contributed by atoms with Gasteiger partial charge in [0.15, 0.2) is 24.1 Å². The average molecular weight is 663 g/mol. The molecule has 4 aromatic carbocycles. The van der Waals surface area contributed by atoms with E-state index in [9.17, 15) is 9.59 Å². The lowest BCUT2D eigenvalue weighted by molar-refractivity contribution is -0.106. The van der Waals surface area contributed by atoms with Crippen LogP contribution in [-0.2, 0) is 9.47 Å². The number of carbonyl (C=O) groups excluding carboxylic acids is 2. The van der Waals surface area contributed by atoms with E-state index in [4.69, 9.17) is 18.9 Å². The SMILES string of the molecule is O=C(/C=C/c1ccc(C#CC#Cc2ccc(/C=C/C(=O)c3ccc(OC4CCCCO4)cc3)cc2)cc1)c1ccc(OC2CCCCO2)cc1. The smallest absolute Gasteiger partial charge is 0.199 e. The van der Waals surface area contributed by atoms with Crippen molar-refractivity contribution in [2.45, 2.75) is 51.1 Å². The van der Waals surface area contributed by atoms with Crippen LogP contribution in [0.3, 0.4) is 0 Å². The summed E-state index contributed by atoms with van der Waals surface area (Å²) in [7, 11) is 0. The van der Waals surface area contributed by atoms with Crippen LogP contribution in [0, 0.1) is 23.7 Å². The molecule has 2 unspecified atom stereocenters. The van der Waals surface area contributed by atoms with Gasteiger partial charge >= 0.3 is 0 Å². The van der Waals surface area contributed by atoms with Crippen LogP contribution in [0.15, 0.2) is 109 Å². The van der Waals surface area contributed by atoms with E-state index in [1.165, 1.54) is 0 Å². The van der Waals surface area contributed by atoms with Gasteiger partial charge in [-0.3, -0.25) is 9.59 Å². The standard InChI is InChI=1S/C44H38O6/c45-41(37-21-25-39(26-22-37)49-43-9-3-5-31-47-43)29-19-35-15-11-33(12-16-35)7-1-2-8-34-13-17-36(18-14-34)20-30-42(46)38-23-27-40(28-24-38)50-44-10-4-6-32-48-44/h11-30,43-44H,3-6,9-10,31-32H2/b29-19+,30-20+. The molecule has 0 saturated carbocycles. The van der Waals surface area contributed by atoms with Gasteiger partial charge in [-0.2, -0.15) is 0 Å². The third-order valence-electron chi connectivity index (χ3n) is 8.24. The zero-order valence-electron chi connectivity index (χ0n) is 27.8. The predicted octanol–water partition coefficient (Wildman–Crippen LogP) is 8.69.